The van der Waals surface area contributed by atoms with Gasteiger partial charge in [-0.2, -0.15) is 5.10 Å². The Morgan fingerprint density at radius 3 is 2.50 bits per heavy atom. The predicted octanol–water partition coefficient (Wildman–Crippen LogP) is 4.76. The molecule has 6 heteroatoms. The number of Topliss-reactive ketones (excluding diaryl/α,β-unsaturated/α-hetero) is 1. The van der Waals surface area contributed by atoms with Crippen LogP contribution in [0.3, 0.4) is 0 Å². The SMILES string of the molecule is Cc1ccc(C(=O)[C@H]2CC(=O)Nc3c2c(C)nn3-c2ccc(Cl)cc2)cc1C. The van der Waals surface area contributed by atoms with Gasteiger partial charge in [0.1, 0.15) is 5.82 Å². The minimum Gasteiger partial charge on any atom is -0.310 e. The van der Waals surface area contributed by atoms with E-state index in [1.165, 1.54) is 0 Å². The summed E-state index contributed by atoms with van der Waals surface area (Å²) in [6.45, 7) is 5.86. The van der Waals surface area contributed by atoms with Crippen molar-refractivity contribution in [3.8, 4) is 5.69 Å². The lowest BCUT2D eigenvalue weighted by atomic mass is 9.85. The van der Waals surface area contributed by atoms with Gasteiger partial charge in [0.15, 0.2) is 5.78 Å². The van der Waals surface area contributed by atoms with Gasteiger partial charge in [-0.25, -0.2) is 4.68 Å². The van der Waals surface area contributed by atoms with E-state index in [-0.39, 0.29) is 18.1 Å². The van der Waals surface area contributed by atoms with Gasteiger partial charge in [0, 0.05) is 22.6 Å². The molecule has 1 amide bonds. The normalized spacial score (nSPS) is 15.9. The average Bonchev–Trinajstić information content (AvgIpc) is 3.00. The van der Waals surface area contributed by atoms with E-state index in [0.717, 1.165) is 28.1 Å². The maximum atomic E-state index is 13.3. The van der Waals surface area contributed by atoms with Crippen LogP contribution < -0.4 is 5.32 Å². The number of nitrogens with zero attached hydrogens (tertiary/aromatic N) is 2. The number of aromatic nitrogens is 2. The smallest absolute Gasteiger partial charge is 0.226 e. The lowest BCUT2D eigenvalue weighted by molar-refractivity contribution is -0.116. The number of amides is 1. The van der Waals surface area contributed by atoms with Crippen LogP contribution in [0.4, 0.5) is 5.82 Å². The summed E-state index contributed by atoms with van der Waals surface area (Å²) >= 11 is 5.98. The zero-order valence-corrected chi connectivity index (χ0v) is 16.7. The van der Waals surface area contributed by atoms with Gasteiger partial charge < -0.3 is 5.32 Å². The van der Waals surface area contributed by atoms with Crippen molar-refractivity contribution < 1.29 is 9.59 Å². The summed E-state index contributed by atoms with van der Waals surface area (Å²) in [5, 5.41) is 8.11. The first-order valence-electron chi connectivity index (χ1n) is 9.12. The number of aryl methyl sites for hydroxylation is 3. The van der Waals surface area contributed by atoms with E-state index in [1.54, 1.807) is 16.8 Å². The van der Waals surface area contributed by atoms with Crippen molar-refractivity contribution in [2.45, 2.75) is 33.1 Å². The number of benzene rings is 2. The predicted molar refractivity (Wildman–Crippen MR) is 110 cm³/mol. The van der Waals surface area contributed by atoms with Gasteiger partial charge in [0.05, 0.1) is 17.3 Å². The third-order valence-electron chi connectivity index (χ3n) is 5.28. The number of halogens is 1. The van der Waals surface area contributed by atoms with Gasteiger partial charge in [-0.05, 0) is 62.2 Å². The molecule has 5 nitrogen and oxygen atoms in total. The molecule has 0 spiro atoms. The summed E-state index contributed by atoms with van der Waals surface area (Å²) in [5.74, 6) is -0.243. The lowest BCUT2D eigenvalue weighted by Gasteiger charge is -2.23. The molecule has 1 aliphatic rings. The average molecular weight is 394 g/mol. The number of carbonyl (C=O) groups is 2. The van der Waals surface area contributed by atoms with Crippen molar-refractivity contribution >= 4 is 29.1 Å². The van der Waals surface area contributed by atoms with Gasteiger partial charge in [-0.15, -0.1) is 0 Å². The molecule has 3 aromatic rings. The van der Waals surface area contributed by atoms with Crippen LogP contribution in [0.5, 0.6) is 0 Å². The molecule has 0 radical (unpaired) electrons. The highest BCUT2D eigenvalue weighted by atomic mass is 35.5. The third-order valence-corrected chi connectivity index (χ3v) is 5.53. The maximum Gasteiger partial charge on any atom is 0.226 e. The number of nitrogens with one attached hydrogen (secondary N) is 1. The second kappa shape index (κ2) is 6.91. The Morgan fingerprint density at radius 1 is 1.11 bits per heavy atom. The first-order chi connectivity index (χ1) is 13.3. The Balaban J connectivity index is 1.81. The maximum absolute atomic E-state index is 13.3. The molecule has 142 valence electrons. The molecule has 1 aromatic heterocycles. The fraction of sp³-hybridized carbons (Fsp3) is 0.227. The highest BCUT2D eigenvalue weighted by Gasteiger charge is 2.36. The number of ketones is 1. The van der Waals surface area contributed by atoms with Crippen molar-refractivity contribution in [1.82, 2.24) is 9.78 Å². The first-order valence-corrected chi connectivity index (χ1v) is 9.49. The quantitative estimate of drug-likeness (QED) is 0.652. The molecule has 0 aliphatic carbocycles. The molecule has 0 bridgehead atoms. The molecular weight excluding hydrogens is 374 g/mol. The molecule has 1 aliphatic heterocycles. The van der Waals surface area contributed by atoms with Crippen LogP contribution in [0.1, 0.15) is 45.1 Å². The molecule has 2 aromatic carbocycles. The van der Waals surface area contributed by atoms with Crippen molar-refractivity contribution in [3.63, 3.8) is 0 Å². The molecule has 4 rings (SSSR count). The van der Waals surface area contributed by atoms with Crippen LogP contribution in [0.25, 0.3) is 5.69 Å². The van der Waals surface area contributed by atoms with Gasteiger partial charge in [-0.3, -0.25) is 9.59 Å². The minimum absolute atomic E-state index is 0.0574. The van der Waals surface area contributed by atoms with E-state index < -0.39 is 5.92 Å². The molecule has 1 atom stereocenters. The molecule has 0 fully saturated rings. The number of carbonyl (C=O) groups excluding carboxylic acids is 2. The topological polar surface area (TPSA) is 64.0 Å². The number of hydrogen-bond donors (Lipinski definition) is 1. The highest BCUT2D eigenvalue weighted by molar-refractivity contribution is 6.30. The van der Waals surface area contributed by atoms with Crippen LogP contribution in [0, 0.1) is 20.8 Å². The number of anilines is 1. The van der Waals surface area contributed by atoms with Crippen LogP contribution >= 0.6 is 11.6 Å². The summed E-state index contributed by atoms with van der Waals surface area (Å²) < 4.78 is 1.67. The van der Waals surface area contributed by atoms with E-state index in [4.69, 9.17) is 11.6 Å². The lowest BCUT2D eigenvalue weighted by Crippen LogP contribution is -2.28. The molecule has 0 unspecified atom stereocenters. The van der Waals surface area contributed by atoms with Crippen molar-refractivity contribution in [2.24, 2.45) is 0 Å². The van der Waals surface area contributed by atoms with Gasteiger partial charge in [-0.1, -0.05) is 23.7 Å². The summed E-state index contributed by atoms with van der Waals surface area (Å²) in [4.78, 5) is 25.7. The molecular formula is C22H20ClN3O2. The summed E-state index contributed by atoms with van der Waals surface area (Å²) in [6.07, 6.45) is 0.117. The number of rotatable bonds is 3. The van der Waals surface area contributed by atoms with Crippen molar-refractivity contribution in [2.75, 3.05) is 5.32 Å². The van der Waals surface area contributed by atoms with Crippen LogP contribution in [0.2, 0.25) is 5.02 Å². The van der Waals surface area contributed by atoms with Crippen LogP contribution in [-0.4, -0.2) is 21.5 Å². The van der Waals surface area contributed by atoms with Crippen LogP contribution in [0.15, 0.2) is 42.5 Å². The molecule has 0 saturated heterocycles. The van der Waals surface area contributed by atoms with E-state index in [9.17, 15) is 9.59 Å². The summed E-state index contributed by atoms with van der Waals surface area (Å²) in [6, 6.07) is 12.9. The fourth-order valence-corrected chi connectivity index (χ4v) is 3.76. The monoisotopic (exact) mass is 393 g/mol. The zero-order valence-electron chi connectivity index (χ0n) is 15.9. The van der Waals surface area contributed by atoms with Gasteiger partial charge in [0.25, 0.3) is 0 Å². The Labute approximate surface area is 168 Å². The Morgan fingerprint density at radius 2 is 1.82 bits per heavy atom. The fourth-order valence-electron chi connectivity index (χ4n) is 3.64. The third kappa shape index (κ3) is 3.12. The minimum atomic E-state index is -0.549. The summed E-state index contributed by atoms with van der Waals surface area (Å²) in [5.41, 5.74) is 5.08. The molecule has 28 heavy (non-hydrogen) atoms. The first kappa shape index (κ1) is 18.4. The van der Waals surface area contributed by atoms with Crippen LogP contribution in [-0.2, 0) is 4.79 Å². The molecule has 2 heterocycles. The zero-order chi connectivity index (χ0) is 20.0. The van der Waals surface area contributed by atoms with E-state index >= 15 is 0 Å². The largest absolute Gasteiger partial charge is 0.310 e. The van der Waals surface area contributed by atoms with E-state index in [2.05, 4.69) is 10.4 Å². The molecule has 1 N–H and O–H groups in total. The molecule has 0 saturated carbocycles. The second-order valence-corrected chi connectivity index (χ2v) is 7.64. The number of fused-ring (bicyclic) bond motifs is 1. The van der Waals surface area contributed by atoms with Crippen molar-refractivity contribution in [3.05, 3.63) is 75.4 Å². The van der Waals surface area contributed by atoms with E-state index in [0.29, 0.717) is 16.4 Å². The summed E-state index contributed by atoms with van der Waals surface area (Å²) in [7, 11) is 0. The highest BCUT2D eigenvalue weighted by Crippen LogP contribution is 2.38. The van der Waals surface area contributed by atoms with Gasteiger partial charge >= 0.3 is 0 Å². The van der Waals surface area contributed by atoms with E-state index in [1.807, 2.05) is 51.1 Å². The standard InChI is InChI=1S/C22H20ClN3O2/c1-12-4-5-15(10-13(12)2)21(28)18-11-19(27)24-22-20(18)14(3)25-26(22)17-8-6-16(23)7-9-17/h4-10,18H,11H2,1-3H3,(H,24,27)/t18-/m0/s1. The second-order valence-electron chi connectivity index (χ2n) is 7.20. The Kier molecular flexibility index (Phi) is 4.55. The van der Waals surface area contributed by atoms with Gasteiger partial charge in [0.2, 0.25) is 5.91 Å². The Hall–Kier alpha value is -2.92. The van der Waals surface area contributed by atoms with Crippen molar-refractivity contribution in [1.29, 1.82) is 0 Å². The Bertz CT molecular complexity index is 1100. The number of hydrogen-bond acceptors (Lipinski definition) is 3.